The van der Waals surface area contributed by atoms with E-state index in [2.05, 4.69) is 6.92 Å². The summed E-state index contributed by atoms with van der Waals surface area (Å²) in [6, 6.07) is 3.53. The van der Waals surface area contributed by atoms with Gasteiger partial charge in [-0.15, -0.1) is 22.9 Å². The molecular formula is C21H31ClO4S. The van der Waals surface area contributed by atoms with Crippen LogP contribution in [0, 0.1) is 11.8 Å². The summed E-state index contributed by atoms with van der Waals surface area (Å²) in [7, 11) is 0. The molecule has 0 bridgehead atoms. The number of aliphatic hydroxyl groups is 2. The van der Waals surface area contributed by atoms with E-state index in [4.69, 9.17) is 16.7 Å². The van der Waals surface area contributed by atoms with Gasteiger partial charge in [0.05, 0.1) is 12.2 Å². The van der Waals surface area contributed by atoms with Crippen molar-refractivity contribution in [2.24, 2.45) is 11.8 Å². The summed E-state index contributed by atoms with van der Waals surface area (Å²) in [5.74, 6) is -0.723. The van der Waals surface area contributed by atoms with Crippen molar-refractivity contribution >= 4 is 28.9 Å². The van der Waals surface area contributed by atoms with Crippen molar-refractivity contribution in [3.8, 4) is 0 Å². The van der Waals surface area contributed by atoms with E-state index in [1.807, 2.05) is 18.2 Å². The zero-order valence-electron chi connectivity index (χ0n) is 15.9. The minimum atomic E-state index is -0.881. The van der Waals surface area contributed by atoms with Crippen LogP contribution in [0.1, 0.15) is 66.4 Å². The van der Waals surface area contributed by atoms with E-state index in [9.17, 15) is 15.0 Å². The molecule has 2 rings (SSSR count). The SMILES string of the molecule is CCCCC[C@@H](O)C=C[C@@H]1[C@@H](CCCc2ccc(C(=O)O)s2)[C@H](Cl)C[C@H]1O. The van der Waals surface area contributed by atoms with Crippen LogP contribution in [-0.4, -0.2) is 38.9 Å². The fourth-order valence-corrected chi connectivity index (χ4v) is 5.19. The second-order valence-corrected chi connectivity index (χ2v) is 9.20. The second kappa shape index (κ2) is 11.2. The average Bonchev–Trinajstić information content (AvgIpc) is 3.19. The predicted molar refractivity (Wildman–Crippen MR) is 111 cm³/mol. The number of hydrogen-bond donors (Lipinski definition) is 3. The molecule has 1 saturated carbocycles. The molecule has 27 heavy (non-hydrogen) atoms. The van der Waals surface area contributed by atoms with Gasteiger partial charge >= 0.3 is 5.97 Å². The number of carboxylic acid groups (broad SMARTS) is 1. The van der Waals surface area contributed by atoms with E-state index in [1.165, 1.54) is 11.3 Å². The summed E-state index contributed by atoms with van der Waals surface area (Å²) in [5.41, 5.74) is 0. The number of unbranched alkanes of at least 4 members (excludes halogenated alkanes) is 2. The number of aryl methyl sites for hydroxylation is 1. The van der Waals surface area contributed by atoms with Crippen molar-refractivity contribution in [3.05, 3.63) is 34.0 Å². The maximum absolute atomic E-state index is 11.0. The molecule has 0 aromatic carbocycles. The molecule has 1 heterocycles. The highest BCUT2D eigenvalue weighted by Crippen LogP contribution is 2.40. The molecule has 0 spiro atoms. The van der Waals surface area contributed by atoms with Crippen molar-refractivity contribution in [3.63, 3.8) is 0 Å². The molecule has 5 atom stereocenters. The first-order valence-corrected chi connectivity index (χ1v) is 11.2. The largest absolute Gasteiger partial charge is 0.477 e. The summed E-state index contributed by atoms with van der Waals surface area (Å²) in [6.07, 6.45) is 10.1. The van der Waals surface area contributed by atoms with E-state index < -0.39 is 18.2 Å². The average molecular weight is 415 g/mol. The molecule has 152 valence electrons. The van der Waals surface area contributed by atoms with Gasteiger partial charge in [-0.25, -0.2) is 4.79 Å². The molecule has 0 saturated heterocycles. The van der Waals surface area contributed by atoms with Crippen LogP contribution in [0.2, 0.25) is 0 Å². The Morgan fingerprint density at radius 3 is 2.81 bits per heavy atom. The van der Waals surface area contributed by atoms with Crippen LogP contribution in [0.5, 0.6) is 0 Å². The number of aliphatic hydroxyl groups excluding tert-OH is 2. The Kier molecular flexibility index (Phi) is 9.30. The van der Waals surface area contributed by atoms with Crippen LogP contribution in [-0.2, 0) is 6.42 Å². The maximum Gasteiger partial charge on any atom is 0.345 e. The molecule has 1 aromatic heterocycles. The number of thiophene rings is 1. The van der Waals surface area contributed by atoms with Crippen LogP contribution >= 0.6 is 22.9 Å². The van der Waals surface area contributed by atoms with E-state index in [0.29, 0.717) is 11.3 Å². The van der Waals surface area contributed by atoms with Crippen LogP contribution < -0.4 is 0 Å². The molecule has 0 radical (unpaired) electrons. The van der Waals surface area contributed by atoms with Gasteiger partial charge in [0.25, 0.3) is 0 Å². The molecule has 0 amide bonds. The Morgan fingerprint density at radius 1 is 1.37 bits per heavy atom. The molecule has 4 nitrogen and oxygen atoms in total. The second-order valence-electron chi connectivity index (χ2n) is 7.47. The van der Waals surface area contributed by atoms with Gasteiger partial charge in [-0.3, -0.25) is 0 Å². The molecule has 1 aliphatic carbocycles. The molecule has 3 N–H and O–H groups in total. The Labute approximate surface area is 170 Å². The fraction of sp³-hybridized carbons (Fsp3) is 0.667. The van der Waals surface area contributed by atoms with Gasteiger partial charge in [-0.1, -0.05) is 38.3 Å². The van der Waals surface area contributed by atoms with Crippen LogP contribution in [0.3, 0.4) is 0 Å². The van der Waals surface area contributed by atoms with Gasteiger partial charge in [0, 0.05) is 16.2 Å². The van der Waals surface area contributed by atoms with E-state index in [1.54, 1.807) is 6.07 Å². The normalized spacial score (nSPS) is 26.7. The molecule has 1 aliphatic rings. The van der Waals surface area contributed by atoms with E-state index >= 15 is 0 Å². The van der Waals surface area contributed by atoms with Crippen molar-refractivity contribution in [1.82, 2.24) is 0 Å². The van der Waals surface area contributed by atoms with Crippen LogP contribution in [0.25, 0.3) is 0 Å². The molecule has 0 aliphatic heterocycles. The number of carbonyl (C=O) groups is 1. The minimum absolute atomic E-state index is 0.0220. The Balaban J connectivity index is 1.85. The van der Waals surface area contributed by atoms with Gasteiger partial charge in [0.2, 0.25) is 0 Å². The third-order valence-electron chi connectivity index (χ3n) is 5.36. The third-order valence-corrected chi connectivity index (χ3v) is 7.00. The van der Waals surface area contributed by atoms with Crippen molar-refractivity contribution in [1.29, 1.82) is 0 Å². The topological polar surface area (TPSA) is 77.8 Å². The quantitative estimate of drug-likeness (QED) is 0.274. The van der Waals surface area contributed by atoms with Crippen molar-refractivity contribution in [2.75, 3.05) is 0 Å². The van der Waals surface area contributed by atoms with Crippen molar-refractivity contribution < 1.29 is 20.1 Å². The lowest BCUT2D eigenvalue weighted by atomic mass is 9.89. The zero-order chi connectivity index (χ0) is 19.8. The molecule has 0 unspecified atom stereocenters. The summed E-state index contributed by atoms with van der Waals surface area (Å²) in [4.78, 5) is 12.4. The van der Waals surface area contributed by atoms with E-state index in [-0.39, 0.29) is 17.2 Å². The number of aromatic carboxylic acids is 1. The molecule has 1 fully saturated rings. The molecule has 1 aromatic rings. The monoisotopic (exact) mass is 414 g/mol. The predicted octanol–water partition coefficient (Wildman–Crippen LogP) is 4.87. The number of halogens is 1. The number of rotatable bonds is 11. The van der Waals surface area contributed by atoms with Crippen LogP contribution in [0.15, 0.2) is 24.3 Å². The number of alkyl halides is 1. The number of carboxylic acids is 1. The van der Waals surface area contributed by atoms with Crippen LogP contribution in [0.4, 0.5) is 0 Å². The van der Waals surface area contributed by atoms with Gasteiger partial charge < -0.3 is 15.3 Å². The lowest BCUT2D eigenvalue weighted by Gasteiger charge is -2.21. The van der Waals surface area contributed by atoms with Gasteiger partial charge in [-0.05, 0) is 50.2 Å². The maximum atomic E-state index is 11.0. The first-order valence-electron chi connectivity index (χ1n) is 9.92. The third kappa shape index (κ3) is 6.90. The Bertz CT molecular complexity index is 615. The molecular weight excluding hydrogens is 384 g/mol. The highest BCUT2D eigenvalue weighted by molar-refractivity contribution is 7.13. The first kappa shape index (κ1) is 22.4. The van der Waals surface area contributed by atoms with Gasteiger partial charge in [0.1, 0.15) is 4.88 Å². The fourth-order valence-electron chi connectivity index (χ4n) is 3.83. The van der Waals surface area contributed by atoms with Crippen molar-refractivity contribution in [2.45, 2.75) is 75.9 Å². The Morgan fingerprint density at radius 2 is 2.15 bits per heavy atom. The standard InChI is InChI=1S/C21H31ClO4S/c1-2-3-4-6-14(23)9-11-17-16(18(22)13-19(17)24)8-5-7-15-10-12-20(27-15)21(25)26/h9-12,14,16-19,23-24H,2-8,13H2,1H3,(H,25,26)/t14-,16-,17-,18-,19-/m1/s1. The number of hydrogen-bond acceptors (Lipinski definition) is 4. The summed E-state index contributed by atoms with van der Waals surface area (Å²) >= 11 is 7.80. The van der Waals surface area contributed by atoms with Gasteiger partial charge in [-0.2, -0.15) is 0 Å². The van der Waals surface area contributed by atoms with Gasteiger partial charge in [0.15, 0.2) is 0 Å². The molecule has 6 heteroatoms. The minimum Gasteiger partial charge on any atom is -0.477 e. The first-order chi connectivity index (χ1) is 12.9. The summed E-state index contributed by atoms with van der Waals surface area (Å²) in [5, 5.41) is 29.4. The summed E-state index contributed by atoms with van der Waals surface area (Å²) in [6.45, 7) is 2.14. The summed E-state index contributed by atoms with van der Waals surface area (Å²) < 4.78 is 0. The highest BCUT2D eigenvalue weighted by Gasteiger charge is 2.39. The highest BCUT2D eigenvalue weighted by atomic mass is 35.5. The lowest BCUT2D eigenvalue weighted by Crippen LogP contribution is -2.19. The Hall–Kier alpha value is -0.880. The van der Waals surface area contributed by atoms with E-state index in [0.717, 1.165) is 49.8 Å². The smallest absolute Gasteiger partial charge is 0.345 e. The zero-order valence-corrected chi connectivity index (χ0v) is 17.5. The lowest BCUT2D eigenvalue weighted by molar-refractivity contribution is 0.0702.